The molecule has 0 amide bonds. The first-order valence-electron chi connectivity index (χ1n) is 6.81. The molecular weight excluding hydrogens is 272 g/mol. The highest BCUT2D eigenvalue weighted by atomic mass is 32.1. The van der Waals surface area contributed by atoms with Crippen molar-refractivity contribution in [2.45, 2.75) is 38.8 Å². The van der Waals surface area contributed by atoms with E-state index < -0.39 is 0 Å². The number of nitrogens with one attached hydrogen (secondary N) is 1. The van der Waals surface area contributed by atoms with Gasteiger partial charge in [0.25, 0.3) is 0 Å². The molecule has 20 heavy (non-hydrogen) atoms. The van der Waals surface area contributed by atoms with Crippen molar-refractivity contribution < 1.29 is 4.74 Å². The molecule has 0 aliphatic rings. The maximum atomic E-state index is 5.69. The lowest BCUT2D eigenvalue weighted by Crippen LogP contribution is -2.29. The zero-order valence-corrected chi connectivity index (χ0v) is 13.0. The summed E-state index contributed by atoms with van der Waals surface area (Å²) in [7, 11) is 1.68. The fourth-order valence-corrected chi connectivity index (χ4v) is 3.01. The molecule has 2 atom stereocenters. The second-order valence-corrected chi connectivity index (χ2v) is 5.77. The molecule has 5 nitrogen and oxygen atoms in total. The molecule has 0 saturated carbocycles. The van der Waals surface area contributed by atoms with E-state index in [9.17, 15) is 0 Å². The van der Waals surface area contributed by atoms with Crippen LogP contribution < -0.4 is 16.0 Å². The van der Waals surface area contributed by atoms with Crippen LogP contribution in [0, 0.1) is 0 Å². The smallest absolute Gasteiger partial charge is 0.134 e. The van der Waals surface area contributed by atoms with Crippen molar-refractivity contribution >= 4 is 11.3 Å². The van der Waals surface area contributed by atoms with Gasteiger partial charge in [0.05, 0.1) is 23.7 Å². The fourth-order valence-electron chi connectivity index (χ4n) is 2.09. The summed E-state index contributed by atoms with van der Waals surface area (Å²) in [6, 6.07) is 4.45. The van der Waals surface area contributed by atoms with Gasteiger partial charge in [-0.2, -0.15) is 5.10 Å². The molecule has 3 N–H and O–H groups in total. The standard InChI is InChI=1S/C14H22N4OS/c1-4-10(2)18-7-5-11(17-18)9-12(16-15)14-13(19-3)6-8-20-14/h5-8,10,12,16H,4,9,15H2,1-3H3. The van der Waals surface area contributed by atoms with Gasteiger partial charge in [0.15, 0.2) is 0 Å². The molecule has 110 valence electrons. The number of hydrogen-bond donors (Lipinski definition) is 2. The summed E-state index contributed by atoms with van der Waals surface area (Å²) in [5.41, 5.74) is 3.89. The molecule has 0 bridgehead atoms. The van der Waals surface area contributed by atoms with E-state index in [1.54, 1.807) is 18.4 Å². The third-order valence-electron chi connectivity index (χ3n) is 3.51. The molecule has 0 aliphatic carbocycles. The van der Waals surface area contributed by atoms with E-state index in [4.69, 9.17) is 10.6 Å². The summed E-state index contributed by atoms with van der Waals surface area (Å²) in [5.74, 6) is 6.57. The minimum Gasteiger partial charge on any atom is -0.496 e. The van der Waals surface area contributed by atoms with Crippen LogP contribution in [0.3, 0.4) is 0 Å². The van der Waals surface area contributed by atoms with Gasteiger partial charge in [-0.3, -0.25) is 16.0 Å². The van der Waals surface area contributed by atoms with Crippen LogP contribution in [0.15, 0.2) is 23.7 Å². The molecule has 2 aromatic rings. The monoisotopic (exact) mass is 294 g/mol. The highest BCUT2D eigenvalue weighted by Gasteiger charge is 2.18. The highest BCUT2D eigenvalue weighted by Crippen LogP contribution is 2.32. The maximum absolute atomic E-state index is 5.69. The first-order chi connectivity index (χ1) is 9.69. The third kappa shape index (κ3) is 3.20. The molecule has 2 aromatic heterocycles. The average molecular weight is 294 g/mol. The molecular formula is C14H22N4OS. The second kappa shape index (κ2) is 6.88. The Kier molecular flexibility index (Phi) is 5.17. The van der Waals surface area contributed by atoms with Gasteiger partial charge >= 0.3 is 0 Å². The van der Waals surface area contributed by atoms with Gasteiger partial charge in [-0.15, -0.1) is 11.3 Å². The Morgan fingerprint density at radius 3 is 2.95 bits per heavy atom. The van der Waals surface area contributed by atoms with Crippen molar-refractivity contribution in [1.82, 2.24) is 15.2 Å². The van der Waals surface area contributed by atoms with Gasteiger partial charge in [-0.1, -0.05) is 6.92 Å². The van der Waals surface area contributed by atoms with Gasteiger partial charge < -0.3 is 4.74 Å². The number of nitrogens with zero attached hydrogens (tertiary/aromatic N) is 2. The van der Waals surface area contributed by atoms with Crippen LogP contribution in [-0.4, -0.2) is 16.9 Å². The number of methoxy groups -OCH3 is 1. The number of hydrogen-bond acceptors (Lipinski definition) is 5. The summed E-state index contributed by atoms with van der Waals surface area (Å²) in [6.07, 6.45) is 3.85. The molecule has 0 radical (unpaired) electrons. The minimum atomic E-state index is 0.0187. The van der Waals surface area contributed by atoms with Gasteiger partial charge in [-0.25, -0.2) is 0 Å². The number of hydrazine groups is 1. The predicted molar refractivity (Wildman–Crippen MR) is 81.9 cm³/mol. The predicted octanol–water partition coefficient (Wildman–Crippen LogP) is 2.67. The summed E-state index contributed by atoms with van der Waals surface area (Å²) < 4.78 is 7.36. The van der Waals surface area contributed by atoms with E-state index >= 15 is 0 Å². The summed E-state index contributed by atoms with van der Waals surface area (Å²) in [4.78, 5) is 1.10. The average Bonchev–Trinajstić information content (AvgIpc) is 3.12. The van der Waals surface area contributed by atoms with Crippen LogP contribution in [0.5, 0.6) is 5.75 Å². The molecule has 0 aliphatic heterocycles. The van der Waals surface area contributed by atoms with Crippen LogP contribution in [0.25, 0.3) is 0 Å². The third-order valence-corrected chi connectivity index (χ3v) is 4.53. The lowest BCUT2D eigenvalue weighted by atomic mass is 10.1. The molecule has 2 heterocycles. The zero-order valence-electron chi connectivity index (χ0n) is 12.2. The Labute approximate surface area is 123 Å². The van der Waals surface area contributed by atoms with Crippen LogP contribution in [-0.2, 0) is 6.42 Å². The summed E-state index contributed by atoms with van der Waals surface area (Å²) in [5, 5.41) is 6.63. The van der Waals surface area contributed by atoms with E-state index in [0.29, 0.717) is 6.04 Å². The van der Waals surface area contributed by atoms with E-state index in [1.165, 1.54) is 0 Å². The fraction of sp³-hybridized carbons (Fsp3) is 0.500. The zero-order chi connectivity index (χ0) is 14.5. The highest BCUT2D eigenvalue weighted by molar-refractivity contribution is 7.10. The molecule has 6 heteroatoms. The number of aromatic nitrogens is 2. The number of ether oxygens (including phenoxy) is 1. The lowest BCUT2D eigenvalue weighted by Gasteiger charge is -2.15. The quantitative estimate of drug-likeness (QED) is 0.608. The van der Waals surface area contributed by atoms with E-state index in [2.05, 4.69) is 30.4 Å². The van der Waals surface area contributed by atoms with Crippen molar-refractivity contribution in [3.63, 3.8) is 0 Å². The van der Waals surface area contributed by atoms with Crippen LogP contribution in [0.4, 0.5) is 0 Å². The Balaban J connectivity index is 2.12. The lowest BCUT2D eigenvalue weighted by molar-refractivity contribution is 0.402. The molecule has 2 unspecified atom stereocenters. The maximum Gasteiger partial charge on any atom is 0.134 e. The van der Waals surface area contributed by atoms with Crippen molar-refractivity contribution in [3.8, 4) is 5.75 Å². The Bertz CT molecular complexity index is 537. The van der Waals surface area contributed by atoms with E-state index in [1.807, 2.05) is 22.3 Å². The topological polar surface area (TPSA) is 65.1 Å². The van der Waals surface area contributed by atoms with Crippen LogP contribution >= 0.6 is 11.3 Å². The van der Waals surface area contributed by atoms with Crippen LogP contribution in [0.2, 0.25) is 0 Å². The minimum absolute atomic E-state index is 0.0187. The largest absolute Gasteiger partial charge is 0.496 e. The summed E-state index contributed by atoms with van der Waals surface area (Å²) in [6.45, 7) is 4.32. The first-order valence-corrected chi connectivity index (χ1v) is 7.69. The number of nitrogens with two attached hydrogens (primary N) is 1. The van der Waals surface area contributed by atoms with Gasteiger partial charge in [0.1, 0.15) is 5.75 Å². The van der Waals surface area contributed by atoms with E-state index in [-0.39, 0.29) is 6.04 Å². The molecule has 0 fully saturated rings. The molecule has 2 rings (SSSR count). The Morgan fingerprint density at radius 1 is 1.50 bits per heavy atom. The number of rotatable bonds is 7. The van der Waals surface area contributed by atoms with Crippen LogP contribution in [0.1, 0.15) is 42.9 Å². The normalized spacial score (nSPS) is 14.2. The number of thiophene rings is 1. The molecule has 0 spiro atoms. The second-order valence-electron chi connectivity index (χ2n) is 4.82. The van der Waals surface area contributed by atoms with Gasteiger partial charge in [0, 0.05) is 18.7 Å². The Hall–Kier alpha value is -1.37. The van der Waals surface area contributed by atoms with Crippen molar-refractivity contribution in [2.75, 3.05) is 7.11 Å². The van der Waals surface area contributed by atoms with Gasteiger partial charge in [0.2, 0.25) is 0 Å². The Morgan fingerprint density at radius 2 is 2.30 bits per heavy atom. The molecule has 0 aromatic carbocycles. The SMILES string of the molecule is CCC(C)n1ccc(CC(NN)c2sccc2OC)n1. The van der Waals surface area contributed by atoms with Crippen molar-refractivity contribution in [2.24, 2.45) is 5.84 Å². The molecule has 0 saturated heterocycles. The first kappa shape index (κ1) is 15.0. The van der Waals surface area contributed by atoms with E-state index in [0.717, 1.165) is 29.2 Å². The van der Waals surface area contributed by atoms with Crippen molar-refractivity contribution in [1.29, 1.82) is 0 Å². The van der Waals surface area contributed by atoms with Gasteiger partial charge in [-0.05, 0) is 30.9 Å². The van der Waals surface area contributed by atoms with Crippen molar-refractivity contribution in [3.05, 3.63) is 34.3 Å². The summed E-state index contributed by atoms with van der Waals surface area (Å²) >= 11 is 1.64.